The van der Waals surface area contributed by atoms with Crippen LogP contribution >= 0.6 is 0 Å². The van der Waals surface area contributed by atoms with Gasteiger partial charge in [0.1, 0.15) is 17.3 Å². The predicted molar refractivity (Wildman–Crippen MR) is 92.9 cm³/mol. The molecule has 5 N–H and O–H groups in total. The highest BCUT2D eigenvalue weighted by atomic mass is 19.1. The van der Waals surface area contributed by atoms with Gasteiger partial charge in [0, 0.05) is 5.39 Å². The fourth-order valence-electron chi connectivity index (χ4n) is 2.49. The first-order chi connectivity index (χ1) is 12.2. The standard InChI is InChI=1S/C17H23FN4O4/c1-17(2,3)14(16(26)19-9(7-23)8-24)20-15(25)13-10-5-4-6-11(18)12(10)21-22-13/h4-6,9,14,23-24H,7-8H2,1-3H3,(H,19,26)(H,20,25)(H,21,22). The molecule has 2 aromatic rings. The highest BCUT2D eigenvalue weighted by molar-refractivity contribution is 6.06. The van der Waals surface area contributed by atoms with Crippen LogP contribution in [0.5, 0.6) is 0 Å². The second-order valence-corrected chi connectivity index (χ2v) is 7.08. The van der Waals surface area contributed by atoms with Gasteiger partial charge in [0.15, 0.2) is 5.82 Å². The number of para-hydroxylation sites is 1. The number of nitrogens with zero attached hydrogens (tertiary/aromatic N) is 1. The number of aromatic amines is 1. The SMILES string of the molecule is CC(C)(C)C(NC(=O)c1[nH]nc2c(F)cccc12)C(=O)NC(CO)CO. The molecule has 0 aliphatic rings. The zero-order chi connectivity index (χ0) is 19.5. The summed E-state index contributed by atoms with van der Waals surface area (Å²) in [6.45, 7) is 4.41. The number of nitrogens with one attached hydrogen (secondary N) is 3. The summed E-state index contributed by atoms with van der Waals surface area (Å²) in [7, 11) is 0. The first kappa shape index (κ1) is 19.8. The Morgan fingerprint density at radius 2 is 1.88 bits per heavy atom. The molecule has 0 saturated heterocycles. The molecule has 26 heavy (non-hydrogen) atoms. The van der Waals surface area contributed by atoms with Gasteiger partial charge in [-0.25, -0.2) is 4.39 Å². The Hall–Kier alpha value is -2.52. The van der Waals surface area contributed by atoms with Crippen molar-refractivity contribution in [1.29, 1.82) is 0 Å². The Morgan fingerprint density at radius 1 is 1.23 bits per heavy atom. The van der Waals surface area contributed by atoms with Crippen LogP contribution in [0.4, 0.5) is 4.39 Å². The lowest BCUT2D eigenvalue weighted by Gasteiger charge is -2.31. The Kier molecular flexibility index (Phi) is 5.94. The molecule has 2 rings (SSSR count). The predicted octanol–water partition coefficient (Wildman–Crippen LogP) is 0.316. The van der Waals surface area contributed by atoms with Crippen molar-refractivity contribution in [3.63, 3.8) is 0 Å². The third-order valence-corrected chi connectivity index (χ3v) is 3.95. The number of carbonyl (C=O) groups is 2. The van der Waals surface area contributed by atoms with Crippen LogP contribution in [0.3, 0.4) is 0 Å². The second-order valence-electron chi connectivity index (χ2n) is 7.08. The van der Waals surface area contributed by atoms with Crippen LogP contribution in [0.2, 0.25) is 0 Å². The Bertz CT molecular complexity index is 796. The van der Waals surface area contributed by atoms with Gasteiger partial charge in [-0.3, -0.25) is 14.7 Å². The van der Waals surface area contributed by atoms with E-state index < -0.39 is 48.3 Å². The molecule has 0 saturated carbocycles. The number of fused-ring (bicyclic) bond motifs is 1. The number of aliphatic hydroxyl groups is 2. The molecule has 1 atom stereocenters. The molecule has 8 nitrogen and oxygen atoms in total. The summed E-state index contributed by atoms with van der Waals surface area (Å²) >= 11 is 0. The third kappa shape index (κ3) is 4.17. The van der Waals surface area contributed by atoms with Crippen LogP contribution in [0, 0.1) is 11.2 Å². The summed E-state index contributed by atoms with van der Waals surface area (Å²) in [5.41, 5.74) is -0.575. The normalized spacial score (nSPS) is 13.0. The number of aromatic nitrogens is 2. The molecule has 0 aliphatic heterocycles. The quantitative estimate of drug-likeness (QED) is 0.503. The minimum atomic E-state index is -0.956. The van der Waals surface area contributed by atoms with Gasteiger partial charge in [-0.2, -0.15) is 5.10 Å². The maximum Gasteiger partial charge on any atom is 0.270 e. The van der Waals surface area contributed by atoms with Crippen LogP contribution in [-0.2, 0) is 4.79 Å². The Labute approximate surface area is 149 Å². The Balaban J connectivity index is 2.26. The van der Waals surface area contributed by atoms with Gasteiger partial charge < -0.3 is 20.8 Å². The average Bonchev–Trinajstić information content (AvgIpc) is 3.01. The summed E-state index contributed by atoms with van der Waals surface area (Å²) in [4.78, 5) is 25.1. The van der Waals surface area contributed by atoms with E-state index in [-0.39, 0.29) is 11.2 Å². The highest BCUT2D eigenvalue weighted by Crippen LogP contribution is 2.22. The lowest BCUT2D eigenvalue weighted by molar-refractivity contribution is -0.126. The van der Waals surface area contributed by atoms with Crippen LogP contribution in [0.25, 0.3) is 10.9 Å². The number of H-pyrrole nitrogens is 1. The van der Waals surface area contributed by atoms with Gasteiger partial charge in [-0.15, -0.1) is 0 Å². The van der Waals surface area contributed by atoms with Gasteiger partial charge in [-0.1, -0.05) is 32.9 Å². The van der Waals surface area contributed by atoms with E-state index in [0.29, 0.717) is 5.39 Å². The minimum Gasteiger partial charge on any atom is -0.394 e. The van der Waals surface area contributed by atoms with Gasteiger partial charge in [-0.05, 0) is 11.5 Å². The zero-order valence-electron chi connectivity index (χ0n) is 14.8. The molecule has 0 bridgehead atoms. The van der Waals surface area contributed by atoms with Crippen LogP contribution < -0.4 is 10.6 Å². The van der Waals surface area contributed by atoms with Crippen molar-refractivity contribution in [3.8, 4) is 0 Å². The monoisotopic (exact) mass is 366 g/mol. The van der Waals surface area contributed by atoms with Crippen LogP contribution in [0.1, 0.15) is 31.3 Å². The topological polar surface area (TPSA) is 127 Å². The number of rotatable bonds is 6. The summed E-state index contributed by atoms with van der Waals surface area (Å²) in [6, 6.07) is 2.47. The number of halogens is 1. The van der Waals surface area contributed by atoms with E-state index in [1.807, 2.05) is 0 Å². The molecule has 0 spiro atoms. The number of hydrogen-bond acceptors (Lipinski definition) is 5. The van der Waals surface area contributed by atoms with E-state index in [9.17, 15) is 14.0 Å². The number of carbonyl (C=O) groups excluding carboxylic acids is 2. The largest absolute Gasteiger partial charge is 0.394 e. The first-order valence-electron chi connectivity index (χ1n) is 8.14. The minimum absolute atomic E-state index is 0.0371. The van der Waals surface area contributed by atoms with E-state index in [2.05, 4.69) is 20.8 Å². The molecule has 0 radical (unpaired) electrons. The van der Waals surface area contributed by atoms with Gasteiger partial charge >= 0.3 is 0 Å². The Morgan fingerprint density at radius 3 is 2.46 bits per heavy atom. The lowest BCUT2D eigenvalue weighted by atomic mass is 9.85. The molecule has 2 amide bonds. The maximum atomic E-state index is 13.7. The summed E-state index contributed by atoms with van der Waals surface area (Å²) in [6.07, 6.45) is 0. The van der Waals surface area contributed by atoms with Crippen molar-refractivity contribution in [2.24, 2.45) is 5.41 Å². The van der Waals surface area contributed by atoms with E-state index in [4.69, 9.17) is 10.2 Å². The van der Waals surface area contributed by atoms with E-state index in [1.54, 1.807) is 26.8 Å². The molecule has 1 aromatic carbocycles. The van der Waals surface area contributed by atoms with Crippen molar-refractivity contribution >= 4 is 22.7 Å². The molecule has 9 heteroatoms. The molecule has 0 fully saturated rings. The number of hydrogen-bond donors (Lipinski definition) is 5. The van der Waals surface area contributed by atoms with E-state index >= 15 is 0 Å². The molecule has 1 aromatic heterocycles. The molecule has 1 unspecified atom stereocenters. The van der Waals surface area contributed by atoms with E-state index in [1.165, 1.54) is 12.1 Å². The van der Waals surface area contributed by atoms with Crippen molar-refractivity contribution in [2.75, 3.05) is 13.2 Å². The fourth-order valence-corrected chi connectivity index (χ4v) is 2.49. The molecular formula is C17H23FN4O4. The highest BCUT2D eigenvalue weighted by Gasteiger charge is 2.34. The molecule has 0 aliphatic carbocycles. The summed E-state index contributed by atoms with van der Waals surface area (Å²) in [5, 5.41) is 30.0. The smallest absolute Gasteiger partial charge is 0.270 e. The third-order valence-electron chi connectivity index (χ3n) is 3.95. The maximum absolute atomic E-state index is 13.7. The lowest BCUT2D eigenvalue weighted by Crippen LogP contribution is -2.56. The zero-order valence-corrected chi connectivity index (χ0v) is 14.8. The van der Waals surface area contributed by atoms with Gasteiger partial charge in [0.2, 0.25) is 5.91 Å². The molecule has 142 valence electrons. The van der Waals surface area contributed by atoms with Crippen LogP contribution in [-0.4, -0.2) is 57.5 Å². The molecular weight excluding hydrogens is 343 g/mol. The number of benzene rings is 1. The van der Waals surface area contributed by atoms with Gasteiger partial charge in [0.25, 0.3) is 5.91 Å². The first-order valence-corrected chi connectivity index (χ1v) is 8.14. The van der Waals surface area contributed by atoms with Crippen molar-refractivity contribution in [3.05, 3.63) is 29.7 Å². The number of amides is 2. The summed E-state index contributed by atoms with van der Waals surface area (Å²) < 4.78 is 13.7. The second kappa shape index (κ2) is 7.79. The number of aliphatic hydroxyl groups excluding tert-OH is 2. The van der Waals surface area contributed by atoms with Crippen LogP contribution in [0.15, 0.2) is 18.2 Å². The molecule has 1 heterocycles. The van der Waals surface area contributed by atoms with Crippen molar-refractivity contribution in [1.82, 2.24) is 20.8 Å². The fraction of sp³-hybridized carbons (Fsp3) is 0.471. The van der Waals surface area contributed by atoms with Crippen molar-refractivity contribution < 1.29 is 24.2 Å². The van der Waals surface area contributed by atoms with E-state index in [0.717, 1.165) is 0 Å². The summed E-state index contributed by atoms with van der Waals surface area (Å²) in [5.74, 6) is -1.72. The van der Waals surface area contributed by atoms with Gasteiger partial charge in [0.05, 0.1) is 19.3 Å². The van der Waals surface area contributed by atoms with Crippen molar-refractivity contribution in [2.45, 2.75) is 32.9 Å². The average molecular weight is 366 g/mol.